The summed E-state index contributed by atoms with van der Waals surface area (Å²) in [6.45, 7) is 18.0. The van der Waals surface area contributed by atoms with E-state index >= 15 is 0 Å². The number of hydrogen-bond acceptors (Lipinski definition) is 0. The van der Waals surface area contributed by atoms with Gasteiger partial charge in [0, 0.05) is 5.41 Å². The fourth-order valence-electron chi connectivity index (χ4n) is 5.02. The summed E-state index contributed by atoms with van der Waals surface area (Å²) in [5.74, 6) is 0.659. The Bertz CT molecular complexity index is 936. The van der Waals surface area contributed by atoms with Gasteiger partial charge in [0.25, 0.3) is 0 Å². The van der Waals surface area contributed by atoms with Gasteiger partial charge in [-0.15, -0.1) is 0 Å². The lowest BCUT2D eigenvalue weighted by atomic mass is 9.78. The monoisotopic (exact) mass is 502 g/mol. The molecule has 0 saturated heterocycles. The van der Waals surface area contributed by atoms with Gasteiger partial charge in [-0.1, -0.05) is 175 Å². The molecular formula is C37H58. The van der Waals surface area contributed by atoms with Crippen molar-refractivity contribution in [2.24, 2.45) is 5.41 Å². The third-order valence-corrected chi connectivity index (χ3v) is 7.16. The van der Waals surface area contributed by atoms with Crippen molar-refractivity contribution in [2.45, 2.75) is 120 Å². The van der Waals surface area contributed by atoms with E-state index in [0.717, 1.165) is 0 Å². The molecule has 0 atom stereocenters. The van der Waals surface area contributed by atoms with Gasteiger partial charge < -0.3 is 0 Å². The van der Waals surface area contributed by atoms with Crippen molar-refractivity contribution in [3.63, 3.8) is 0 Å². The van der Waals surface area contributed by atoms with Crippen LogP contribution in [0.5, 0.6) is 0 Å². The predicted octanol–water partition coefficient (Wildman–Crippen LogP) is 12.5. The second kappa shape index (κ2) is 16.5. The SMILES string of the molecule is C.C.CC(C)c1ccccc1.CC1(C)CCCCC1.CC1(C)c2ccccc2-c2ccccc21.CCC. The van der Waals surface area contributed by atoms with Crippen molar-refractivity contribution in [2.75, 3.05) is 0 Å². The summed E-state index contributed by atoms with van der Waals surface area (Å²) in [4.78, 5) is 0. The molecule has 0 aromatic heterocycles. The van der Waals surface area contributed by atoms with Gasteiger partial charge in [-0.3, -0.25) is 0 Å². The fraction of sp³-hybridized carbons (Fsp3) is 0.514. The first kappa shape index (κ1) is 34.7. The Balaban J connectivity index is 0.000000514. The van der Waals surface area contributed by atoms with Gasteiger partial charge in [0.1, 0.15) is 0 Å². The van der Waals surface area contributed by atoms with E-state index in [0.29, 0.717) is 11.3 Å². The van der Waals surface area contributed by atoms with Crippen molar-refractivity contribution >= 4 is 0 Å². The normalized spacial score (nSPS) is 15.4. The predicted molar refractivity (Wildman–Crippen MR) is 171 cm³/mol. The molecule has 0 heteroatoms. The summed E-state index contributed by atoms with van der Waals surface area (Å²) in [6.07, 6.45) is 8.56. The fourth-order valence-corrected chi connectivity index (χ4v) is 5.02. The van der Waals surface area contributed by atoms with Crippen LogP contribution < -0.4 is 0 Å². The van der Waals surface area contributed by atoms with Crippen LogP contribution in [0.4, 0.5) is 0 Å². The third-order valence-electron chi connectivity index (χ3n) is 7.16. The molecule has 2 aliphatic rings. The van der Waals surface area contributed by atoms with Crippen LogP contribution in [0.2, 0.25) is 0 Å². The average Bonchev–Trinajstić information content (AvgIpc) is 3.08. The maximum Gasteiger partial charge on any atom is 0.0158 e. The minimum atomic E-state index is 0. The number of fused-ring (bicyclic) bond motifs is 3. The van der Waals surface area contributed by atoms with Crippen molar-refractivity contribution in [3.05, 3.63) is 95.6 Å². The highest BCUT2D eigenvalue weighted by molar-refractivity contribution is 5.80. The van der Waals surface area contributed by atoms with E-state index in [1.807, 2.05) is 6.07 Å². The molecular weight excluding hydrogens is 444 g/mol. The van der Waals surface area contributed by atoms with Crippen LogP contribution in [0, 0.1) is 5.41 Å². The van der Waals surface area contributed by atoms with E-state index in [9.17, 15) is 0 Å². The van der Waals surface area contributed by atoms with Gasteiger partial charge in [-0.05, 0) is 52.0 Å². The molecule has 0 heterocycles. The molecule has 5 rings (SSSR count). The maximum absolute atomic E-state index is 2.38. The molecule has 37 heavy (non-hydrogen) atoms. The van der Waals surface area contributed by atoms with Crippen LogP contribution >= 0.6 is 0 Å². The lowest BCUT2D eigenvalue weighted by Gasteiger charge is -2.28. The van der Waals surface area contributed by atoms with Gasteiger partial charge in [0.05, 0.1) is 0 Å². The molecule has 0 spiro atoms. The highest BCUT2D eigenvalue weighted by atomic mass is 14.4. The van der Waals surface area contributed by atoms with Crippen LogP contribution in [-0.4, -0.2) is 0 Å². The lowest BCUT2D eigenvalue weighted by molar-refractivity contribution is 0.244. The molecule has 3 aromatic carbocycles. The van der Waals surface area contributed by atoms with Gasteiger partial charge >= 0.3 is 0 Å². The first-order valence-corrected chi connectivity index (χ1v) is 13.9. The maximum atomic E-state index is 2.38. The Morgan fingerprint density at radius 2 is 0.973 bits per heavy atom. The van der Waals surface area contributed by atoms with Crippen LogP contribution in [-0.2, 0) is 5.41 Å². The van der Waals surface area contributed by atoms with Gasteiger partial charge in [-0.25, -0.2) is 0 Å². The average molecular weight is 503 g/mol. The molecule has 0 radical (unpaired) electrons. The van der Waals surface area contributed by atoms with Crippen molar-refractivity contribution in [1.82, 2.24) is 0 Å². The molecule has 2 aliphatic carbocycles. The van der Waals surface area contributed by atoms with Crippen LogP contribution in [0.25, 0.3) is 11.1 Å². The molecule has 3 aromatic rings. The molecule has 1 saturated carbocycles. The Morgan fingerprint density at radius 1 is 0.595 bits per heavy atom. The highest BCUT2D eigenvalue weighted by Gasteiger charge is 2.34. The van der Waals surface area contributed by atoms with Crippen molar-refractivity contribution < 1.29 is 0 Å². The molecule has 0 aliphatic heterocycles. The molecule has 0 amide bonds. The molecule has 206 valence electrons. The first-order valence-electron chi connectivity index (χ1n) is 13.9. The minimum absolute atomic E-state index is 0. The number of rotatable bonds is 1. The molecule has 0 unspecified atom stereocenters. The summed E-state index contributed by atoms with van der Waals surface area (Å²) < 4.78 is 0. The van der Waals surface area contributed by atoms with E-state index in [-0.39, 0.29) is 20.3 Å². The second-order valence-electron chi connectivity index (χ2n) is 11.7. The van der Waals surface area contributed by atoms with E-state index in [1.165, 1.54) is 66.3 Å². The minimum Gasteiger partial charge on any atom is -0.0776 e. The summed E-state index contributed by atoms with van der Waals surface area (Å²) in [7, 11) is 0. The van der Waals surface area contributed by atoms with Crippen LogP contribution in [0.3, 0.4) is 0 Å². The Morgan fingerprint density at radius 3 is 1.30 bits per heavy atom. The van der Waals surface area contributed by atoms with Gasteiger partial charge in [-0.2, -0.15) is 0 Å². The third kappa shape index (κ3) is 10.1. The Kier molecular flexibility index (Phi) is 15.4. The summed E-state index contributed by atoms with van der Waals surface area (Å²) >= 11 is 0. The summed E-state index contributed by atoms with van der Waals surface area (Å²) in [6, 6.07) is 28.0. The standard InChI is InChI=1S/C15H14.C9H12.C8H16.C3H8.2CH4/c1-15(2)13-9-5-3-7-11(13)12-8-4-6-10-14(12)15;1-8(2)9-6-4-3-5-7-9;1-8(2)6-4-3-5-7-8;1-3-2;;/h3-10H,1-2H3;3-8H,1-2H3;3-7H2,1-2H3;3H2,1-2H3;2*1H4. The zero-order chi connectivity index (χ0) is 25.9. The Hall–Kier alpha value is -2.34. The van der Waals surface area contributed by atoms with Crippen molar-refractivity contribution in [1.29, 1.82) is 0 Å². The van der Waals surface area contributed by atoms with Crippen LogP contribution in [0.1, 0.15) is 131 Å². The molecule has 0 bridgehead atoms. The molecule has 1 fully saturated rings. The summed E-state index contributed by atoms with van der Waals surface area (Å²) in [5, 5.41) is 0. The highest BCUT2D eigenvalue weighted by Crippen LogP contribution is 2.48. The van der Waals surface area contributed by atoms with E-state index in [4.69, 9.17) is 0 Å². The van der Waals surface area contributed by atoms with E-state index < -0.39 is 0 Å². The zero-order valence-electron chi connectivity index (χ0n) is 23.8. The largest absolute Gasteiger partial charge is 0.0776 e. The number of benzene rings is 3. The van der Waals surface area contributed by atoms with Gasteiger partial charge in [0.2, 0.25) is 0 Å². The van der Waals surface area contributed by atoms with E-state index in [2.05, 4.69) is 128 Å². The lowest BCUT2D eigenvalue weighted by Crippen LogP contribution is -2.14. The summed E-state index contributed by atoms with van der Waals surface area (Å²) in [5.41, 5.74) is 7.96. The first-order chi connectivity index (χ1) is 16.6. The quantitative estimate of drug-likeness (QED) is 0.310. The van der Waals surface area contributed by atoms with E-state index in [1.54, 1.807) is 0 Å². The Labute approximate surface area is 231 Å². The topological polar surface area (TPSA) is 0 Å². The molecule has 0 N–H and O–H groups in total. The smallest absolute Gasteiger partial charge is 0.0158 e. The van der Waals surface area contributed by atoms with Crippen LogP contribution in [0.15, 0.2) is 78.9 Å². The number of hydrogen-bond donors (Lipinski definition) is 0. The van der Waals surface area contributed by atoms with Crippen molar-refractivity contribution in [3.8, 4) is 11.1 Å². The van der Waals surface area contributed by atoms with Gasteiger partial charge in [0.15, 0.2) is 0 Å². The zero-order valence-corrected chi connectivity index (χ0v) is 23.8. The second-order valence-corrected chi connectivity index (χ2v) is 11.7. The molecule has 0 nitrogen and oxygen atoms in total.